The van der Waals surface area contributed by atoms with E-state index in [0.29, 0.717) is 6.42 Å². The molecule has 1 aliphatic rings. The number of carbonyl (C=O) groups is 1. The first-order valence-electron chi connectivity index (χ1n) is 6.80. The maximum absolute atomic E-state index is 12.3. The summed E-state index contributed by atoms with van der Waals surface area (Å²) in [6.45, 7) is 5.53. The topological polar surface area (TPSA) is 48.1 Å². The van der Waals surface area contributed by atoms with Gasteiger partial charge in [0.25, 0.3) is 0 Å². The van der Waals surface area contributed by atoms with Gasteiger partial charge >= 0.3 is 0 Å². The number of hydrogen-bond acceptors (Lipinski definition) is 2. The fraction of sp³-hybridized carbons (Fsp3) is 0.400. The Morgan fingerprint density at radius 1 is 1.30 bits per heavy atom. The highest BCUT2D eigenvalue weighted by Gasteiger charge is 2.17. The molecule has 108 valence electrons. The summed E-state index contributed by atoms with van der Waals surface area (Å²) in [7, 11) is 0. The van der Waals surface area contributed by atoms with Gasteiger partial charge in [-0.25, -0.2) is 0 Å². The quantitative estimate of drug-likeness (QED) is 0.888. The highest BCUT2D eigenvalue weighted by Crippen LogP contribution is 2.22. The zero-order valence-electron chi connectivity index (χ0n) is 11.6. The number of piperazine rings is 1. The second kappa shape index (κ2) is 6.29. The summed E-state index contributed by atoms with van der Waals surface area (Å²) in [4.78, 5) is 17.5. The smallest absolute Gasteiger partial charge is 0.227 e. The second-order valence-electron chi connectivity index (χ2n) is 5.12. The maximum Gasteiger partial charge on any atom is 0.227 e. The van der Waals surface area contributed by atoms with Crippen LogP contribution >= 0.6 is 12.4 Å². The van der Waals surface area contributed by atoms with Gasteiger partial charge in [-0.1, -0.05) is 18.2 Å². The number of amides is 1. The molecule has 0 spiro atoms. The number of aromatic nitrogens is 1. The Morgan fingerprint density at radius 2 is 2.05 bits per heavy atom. The standard InChI is InChI=1S/C15H19N3O.ClH/c1-11-3-2-4-13-12(10-17-15(11)13)9-14(19)18-7-5-16-6-8-18;/h2-4,10,16-17H,5-9H2,1H3;1H. The predicted molar refractivity (Wildman–Crippen MR) is 83.4 cm³/mol. The Hall–Kier alpha value is -1.52. The van der Waals surface area contributed by atoms with Crippen molar-refractivity contribution in [2.75, 3.05) is 26.2 Å². The van der Waals surface area contributed by atoms with E-state index >= 15 is 0 Å². The van der Waals surface area contributed by atoms with Gasteiger partial charge in [0, 0.05) is 43.3 Å². The predicted octanol–water partition coefficient (Wildman–Crippen LogP) is 1.87. The molecule has 0 atom stereocenters. The van der Waals surface area contributed by atoms with E-state index in [9.17, 15) is 4.79 Å². The van der Waals surface area contributed by atoms with Gasteiger partial charge in [0.1, 0.15) is 0 Å². The Morgan fingerprint density at radius 3 is 2.80 bits per heavy atom. The van der Waals surface area contributed by atoms with Gasteiger partial charge in [-0.3, -0.25) is 4.79 Å². The van der Waals surface area contributed by atoms with Crippen LogP contribution in [0.4, 0.5) is 0 Å². The highest BCUT2D eigenvalue weighted by molar-refractivity contribution is 5.90. The third-order valence-corrected chi connectivity index (χ3v) is 3.82. The Bertz CT molecular complexity index is 602. The maximum atomic E-state index is 12.3. The zero-order valence-corrected chi connectivity index (χ0v) is 12.4. The average Bonchev–Trinajstić information content (AvgIpc) is 2.84. The van der Waals surface area contributed by atoms with Crippen LogP contribution in [0, 0.1) is 6.92 Å². The molecule has 1 saturated heterocycles. The van der Waals surface area contributed by atoms with Crippen LogP contribution in [0.5, 0.6) is 0 Å². The molecule has 0 bridgehead atoms. The molecule has 3 rings (SSSR count). The summed E-state index contributed by atoms with van der Waals surface area (Å²) >= 11 is 0. The van der Waals surface area contributed by atoms with Crippen molar-refractivity contribution in [3.05, 3.63) is 35.5 Å². The van der Waals surface area contributed by atoms with Crippen molar-refractivity contribution >= 4 is 29.2 Å². The number of para-hydroxylation sites is 1. The van der Waals surface area contributed by atoms with Crippen LogP contribution in [0.3, 0.4) is 0 Å². The minimum Gasteiger partial charge on any atom is -0.361 e. The molecular weight excluding hydrogens is 274 g/mol. The first-order chi connectivity index (χ1) is 9.25. The molecule has 4 nitrogen and oxygen atoms in total. The number of halogens is 1. The van der Waals surface area contributed by atoms with Gasteiger partial charge in [-0.05, 0) is 18.1 Å². The van der Waals surface area contributed by atoms with Crippen LogP contribution in [0.15, 0.2) is 24.4 Å². The Labute approximate surface area is 124 Å². The zero-order chi connectivity index (χ0) is 13.2. The van der Waals surface area contributed by atoms with Crippen molar-refractivity contribution in [1.29, 1.82) is 0 Å². The van der Waals surface area contributed by atoms with Gasteiger partial charge in [0.05, 0.1) is 6.42 Å². The molecule has 1 fully saturated rings. The van der Waals surface area contributed by atoms with E-state index in [1.807, 2.05) is 17.2 Å². The summed E-state index contributed by atoms with van der Waals surface area (Å²) in [5, 5.41) is 4.44. The molecule has 2 heterocycles. The summed E-state index contributed by atoms with van der Waals surface area (Å²) in [5.41, 5.74) is 3.46. The number of carbonyl (C=O) groups excluding carboxylic acids is 1. The number of hydrogen-bond donors (Lipinski definition) is 2. The monoisotopic (exact) mass is 293 g/mol. The van der Waals surface area contributed by atoms with Crippen LogP contribution in [0.2, 0.25) is 0 Å². The molecule has 0 unspecified atom stereocenters. The molecule has 20 heavy (non-hydrogen) atoms. The Balaban J connectivity index is 0.00000147. The van der Waals surface area contributed by atoms with E-state index in [-0.39, 0.29) is 18.3 Å². The fourth-order valence-electron chi connectivity index (χ4n) is 2.70. The third-order valence-electron chi connectivity index (χ3n) is 3.82. The van der Waals surface area contributed by atoms with Crippen molar-refractivity contribution in [2.24, 2.45) is 0 Å². The van der Waals surface area contributed by atoms with E-state index in [0.717, 1.165) is 37.3 Å². The molecule has 2 N–H and O–H groups in total. The van der Waals surface area contributed by atoms with Crippen LogP contribution in [0.25, 0.3) is 10.9 Å². The Kier molecular flexibility index (Phi) is 4.68. The van der Waals surface area contributed by atoms with E-state index < -0.39 is 0 Å². The number of nitrogens with zero attached hydrogens (tertiary/aromatic N) is 1. The van der Waals surface area contributed by atoms with Crippen molar-refractivity contribution < 1.29 is 4.79 Å². The molecular formula is C15H20ClN3O. The van der Waals surface area contributed by atoms with Gasteiger partial charge in [0.2, 0.25) is 5.91 Å². The van der Waals surface area contributed by atoms with Gasteiger partial charge in [0.15, 0.2) is 0 Å². The molecule has 1 aliphatic heterocycles. The summed E-state index contributed by atoms with van der Waals surface area (Å²) in [6.07, 6.45) is 2.46. The lowest BCUT2D eigenvalue weighted by Crippen LogP contribution is -2.46. The normalized spacial score (nSPS) is 15.2. The minimum absolute atomic E-state index is 0. The third kappa shape index (κ3) is 2.81. The van der Waals surface area contributed by atoms with Gasteiger partial charge < -0.3 is 15.2 Å². The first-order valence-corrected chi connectivity index (χ1v) is 6.80. The summed E-state index contributed by atoms with van der Waals surface area (Å²) < 4.78 is 0. The van der Waals surface area contributed by atoms with E-state index in [1.54, 1.807) is 0 Å². The summed E-state index contributed by atoms with van der Waals surface area (Å²) in [5.74, 6) is 0.226. The van der Waals surface area contributed by atoms with E-state index in [2.05, 4.69) is 29.4 Å². The average molecular weight is 294 g/mol. The number of nitrogens with one attached hydrogen (secondary N) is 2. The van der Waals surface area contributed by atoms with Crippen molar-refractivity contribution in [1.82, 2.24) is 15.2 Å². The summed E-state index contributed by atoms with van der Waals surface area (Å²) in [6, 6.07) is 6.21. The molecule has 0 saturated carbocycles. The van der Waals surface area contributed by atoms with Crippen molar-refractivity contribution in [3.63, 3.8) is 0 Å². The van der Waals surface area contributed by atoms with Crippen LogP contribution in [-0.4, -0.2) is 42.0 Å². The number of aromatic amines is 1. The molecule has 2 aromatic rings. The van der Waals surface area contributed by atoms with E-state index in [1.165, 1.54) is 10.9 Å². The lowest BCUT2D eigenvalue weighted by molar-refractivity contribution is -0.131. The number of fused-ring (bicyclic) bond motifs is 1. The van der Waals surface area contributed by atoms with Gasteiger partial charge in [-0.15, -0.1) is 12.4 Å². The molecule has 1 amide bonds. The number of aryl methyl sites for hydroxylation is 1. The molecule has 5 heteroatoms. The van der Waals surface area contributed by atoms with Crippen LogP contribution in [0.1, 0.15) is 11.1 Å². The molecule has 1 aromatic carbocycles. The van der Waals surface area contributed by atoms with Crippen molar-refractivity contribution in [3.8, 4) is 0 Å². The lowest BCUT2D eigenvalue weighted by Gasteiger charge is -2.27. The van der Waals surface area contributed by atoms with Gasteiger partial charge in [-0.2, -0.15) is 0 Å². The molecule has 0 aliphatic carbocycles. The van der Waals surface area contributed by atoms with Crippen molar-refractivity contribution in [2.45, 2.75) is 13.3 Å². The largest absolute Gasteiger partial charge is 0.361 e. The fourth-order valence-corrected chi connectivity index (χ4v) is 2.70. The SMILES string of the molecule is Cc1cccc2c(CC(=O)N3CCNCC3)c[nH]c12.Cl. The van der Waals surface area contributed by atoms with Crippen LogP contribution < -0.4 is 5.32 Å². The highest BCUT2D eigenvalue weighted by atomic mass is 35.5. The number of H-pyrrole nitrogens is 1. The van der Waals surface area contributed by atoms with Crippen LogP contribution in [-0.2, 0) is 11.2 Å². The lowest BCUT2D eigenvalue weighted by atomic mass is 10.1. The second-order valence-corrected chi connectivity index (χ2v) is 5.12. The molecule has 0 radical (unpaired) electrons. The number of benzene rings is 1. The number of rotatable bonds is 2. The molecule has 1 aromatic heterocycles. The first kappa shape index (κ1) is 14.9. The van der Waals surface area contributed by atoms with E-state index in [4.69, 9.17) is 0 Å². The minimum atomic E-state index is 0.